The summed E-state index contributed by atoms with van der Waals surface area (Å²) in [5, 5.41) is 10.8. The Balaban J connectivity index is 2.25. The van der Waals surface area contributed by atoms with Gasteiger partial charge in [0.25, 0.3) is 5.69 Å². The first-order valence-electron chi connectivity index (χ1n) is 5.77. The Hall–Kier alpha value is -2.35. The van der Waals surface area contributed by atoms with Crippen molar-refractivity contribution in [3.05, 3.63) is 33.9 Å². The number of urea groups is 1. The van der Waals surface area contributed by atoms with E-state index in [4.69, 9.17) is 5.84 Å². The second-order valence-electron chi connectivity index (χ2n) is 4.37. The van der Waals surface area contributed by atoms with Crippen molar-refractivity contribution >= 4 is 17.4 Å². The summed E-state index contributed by atoms with van der Waals surface area (Å²) >= 11 is 0. The van der Waals surface area contributed by atoms with Crippen LogP contribution in [0.4, 0.5) is 16.2 Å². The lowest BCUT2D eigenvalue weighted by atomic mass is 10.1. The number of amides is 2. The Morgan fingerprint density at radius 1 is 1.47 bits per heavy atom. The van der Waals surface area contributed by atoms with Gasteiger partial charge in [0.05, 0.1) is 10.6 Å². The summed E-state index contributed by atoms with van der Waals surface area (Å²) in [5.74, 6) is 5.38. The predicted octanol–water partition coefficient (Wildman–Crippen LogP) is 0.748. The molecule has 3 N–H and O–H groups in total. The molecule has 8 heteroatoms. The van der Waals surface area contributed by atoms with E-state index in [-0.39, 0.29) is 11.7 Å². The van der Waals surface area contributed by atoms with Crippen LogP contribution in [0.3, 0.4) is 0 Å². The number of non-ortho nitro benzene ring substituents is 1. The summed E-state index contributed by atoms with van der Waals surface area (Å²) in [4.78, 5) is 25.3. The molecule has 19 heavy (non-hydrogen) atoms. The van der Waals surface area contributed by atoms with Crippen molar-refractivity contribution in [1.29, 1.82) is 0 Å². The van der Waals surface area contributed by atoms with E-state index in [1.807, 2.05) is 0 Å². The molecule has 0 radical (unpaired) electrons. The highest BCUT2D eigenvalue weighted by Crippen LogP contribution is 2.24. The largest absolute Gasteiger partial charge is 0.326 e. The molecule has 0 unspecified atom stereocenters. The molecular formula is C11H15N5O3. The second kappa shape index (κ2) is 5.11. The monoisotopic (exact) mass is 265 g/mol. The number of carbonyl (C=O) groups excluding carboxylic acids is 1. The second-order valence-corrected chi connectivity index (χ2v) is 4.37. The van der Waals surface area contributed by atoms with E-state index >= 15 is 0 Å². The Labute approximate surface area is 109 Å². The lowest BCUT2D eigenvalue weighted by Gasteiger charge is -2.17. The molecule has 1 heterocycles. The number of anilines is 1. The van der Waals surface area contributed by atoms with Crippen molar-refractivity contribution in [3.63, 3.8) is 0 Å². The molecular weight excluding hydrogens is 250 g/mol. The van der Waals surface area contributed by atoms with Crippen molar-refractivity contribution in [2.45, 2.75) is 6.54 Å². The minimum Gasteiger partial charge on any atom is -0.326 e. The van der Waals surface area contributed by atoms with Gasteiger partial charge in [-0.05, 0) is 6.07 Å². The number of rotatable bonds is 4. The van der Waals surface area contributed by atoms with Crippen LogP contribution in [-0.2, 0) is 6.54 Å². The van der Waals surface area contributed by atoms with Crippen LogP contribution in [0.2, 0.25) is 0 Å². The number of carbonyl (C=O) groups is 1. The number of nitrogens with one attached hydrogen (secondary N) is 1. The van der Waals surface area contributed by atoms with Crippen LogP contribution < -0.4 is 11.3 Å². The fraction of sp³-hybridized carbons (Fsp3) is 0.364. The third kappa shape index (κ3) is 2.58. The van der Waals surface area contributed by atoms with Gasteiger partial charge in [0.2, 0.25) is 0 Å². The molecule has 0 atom stereocenters. The lowest BCUT2D eigenvalue weighted by molar-refractivity contribution is -0.384. The van der Waals surface area contributed by atoms with E-state index in [1.54, 1.807) is 16.8 Å². The van der Waals surface area contributed by atoms with Crippen molar-refractivity contribution in [3.8, 4) is 0 Å². The summed E-state index contributed by atoms with van der Waals surface area (Å²) in [5.41, 5.74) is 3.67. The summed E-state index contributed by atoms with van der Waals surface area (Å²) < 4.78 is 0. The normalized spacial score (nSPS) is 14.9. The van der Waals surface area contributed by atoms with Crippen LogP contribution in [0.1, 0.15) is 5.56 Å². The van der Waals surface area contributed by atoms with Gasteiger partial charge in [-0.25, -0.2) is 4.79 Å². The first kappa shape index (κ1) is 13.1. The quantitative estimate of drug-likeness (QED) is 0.475. The summed E-state index contributed by atoms with van der Waals surface area (Å²) in [6.07, 6.45) is 0. The molecule has 1 aliphatic heterocycles. The fourth-order valence-electron chi connectivity index (χ4n) is 2.02. The number of nitro benzene ring substituents is 1. The standard InChI is InChI=1S/C11H15N5O3/c1-14-4-5-15(11(14)17)7-8-6-9(16(18)19)2-3-10(8)13-12/h2-3,6,13H,4-5,7,12H2,1H3. The predicted molar refractivity (Wildman–Crippen MR) is 69.3 cm³/mol. The maximum atomic E-state index is 11.8. The third-order valence-corrected chi connectivity index (χ3v) is 3.12. The van der Waals surface area contributed by atoms with Crippen LogP contribution in [-0.4, -0.2) is 40.9 Å². The van der Waals surface area contributed by atoms with E-state index < -0.39 is 4.92 Å². The first-order valence-corrected chi connectivity index (χ1v) is 5.77. The maximum Gasteiger partial charge on any atom is 0.320 e. The molecule has 1 saturated heterocycles. The Kier molecular flexibility index (Phi) is 3.52. The van der Waals surface area contributed by atoms with Gasteiger partial charge in [0, 0.05) is 44.4 Å². The molecule has 102 valence electrons. The number of nitrogen functional groups attached to an aromatic ring is 1. The highest BCUT2D eigenvalue weighted by atomic mass is 16.6. The van der Waals surface area contributed by atoms with Gasteiger partial charge in [0.15, 0.2) is 0 Å². The van der Waals surface area contributed by atoms with E-state index in [9.17, 15) is 14.9 Å². The molecule has 8 nitrogen and oxygen atoms in total. The molecule has 2 rings (SSSR count). The van der Waals surface area contributed by atoms with Crippen LogP contribution >= 0.6 is 0 Å². The molecule has 1 aliphatic rings. The van der Waals surface area contributed by atoms with E-state index in [1.165, 1.54) is 18.2 Å². The summed E-state index contributed by atoms with van der Waals surface area (Å²) in [6.45, 7) is 1.55. The zero-order chi connectivity index (χ0) is 14.0. The molecule has 0 bridgehead atoms. The molecule has 1 fully saturated rings. The Bertz CT molecular complexity index is 519. The smallest absolute Gasteiger partial charge is 0.320 e. The molecule has 1 aromatic rings. The van der Waals surface area contributed by atoms with Crippen molar-refractivity contribution < 1.29 is 9.72 Å². The topological polar surface area (TPSA) is 105 Å². The van der Waals surface area contributed by atoms with Crippen LogP contribution in [0, 0.1) is 10.1 Å². The minimum absolute atomic E-state index is 0.0194. The first-order chi connectivity index (χ1) is 9.02. The van der Waals surface area contributed by atoms with Crippen LogP contribution in [0.15, 0.2) is 18.2 Å². The third-order valence-electron chi connectivity index (χ3n) is 3.12. The average Bonchev–Trinajstić information content (AvgIpc) is 2.70. The van der Waals surface area contributed by atoms with Crippen LogP contribution in [0.5, 0.6) is 0 Å². The van der Waals surface area contributed by atoms with Crippen molar-refractivity contribution in [2.24, 2.45) is 5.84 Å². The summed E-state index contributed by atoms with van der Waals surface area (Å²) in [7, 11) is 1.72. The highest BCUT2D eigenvalue weighted by Gasteiger charge is 2.26. The van der Waals surface area contributed by atoms with Gasteiger partial charge in [-0.15, -0.1) is 0 Å². The number of benzene rings is 1. The van der Waals surface area contributed by atoms with Gasteiger partial charge < -0.3 is 15.2 Å². The van der Waals surface area contributed by atoms with E-state index in [2.05, 4.69) is 5.43 Å². The number of hydrogen-bond acceptors (Lipinski definition) is 5. The van der Waals surface area contributed by atoms with Crippen LogP contribution in [0.25, 0.3) is 0 Å². The van der Waals surface area contributed by atoms with Crippen molar-refractivity contribution in [1.82, 2.24) is 9.80 Å². The molecule has 2 amide bonds. The van der Waals surface area contributed by atoms with E-state index in [0.29, 0.717) is 30.9 Å². The number of likely N-dealkylation sites (N-methyl/N-ethyl adjacent to an activating group) is 1. The van der Waals surface area contributed by atoms with Gasteiger partial charge in [-0.2, -0.15) is 0 Å². The van der Waals surface area contributed by atoms with E-state index in [0.717, 1.165) is 0 Å². The number of nitro groups is 1. The summed E-state index contributed by atoms with van der Waals surface area (Å²) in [6, 6.07) is 4.25. The molecule has 1 aromatic carbocycles. The Morgan fingerprint density at radius 3 is 2.74 bits per heavy atom. The van der Waals surface area contributed by atoms with Gasteiger partial charge in [-0.3, -0.25) is 16.0 Å². The zero-order valence-corrected chi connectivity index (χ0v) is 10.5. The fourth-order valence-corrected chi connectivity index (χ4v) is 2.02. The number of nitrogens with two attached hydrogens (primary N) is 1. The number of hydrogen-bond donors (Lipinski definition) is 2. The minimum atomic E-state index is -0.471. The highest BCUT2D eigenvalue weighted by molar-refractivity contribution is 5.76. The Morgan fingerprint density at radius 2 is 2.21 bits per heavy atom. The zero-order valence-electron chi connectivity index (χ0n) is 10.5. The van der Waals surface area contributed by atoms with Gasteiger partial charge in [-0.1, -0.05) is 0 Å². The molecule has 0 saturated carbocycles. The SMILES string of the molecule is CN1CCN(Cc2cc([N+](=O)[O-])ccc2NN)C1=O. The molecule has 0 spiro atoms. The molecule has 0 aliphatic carbocycles. The van der Waals surface area contributed by atoms with Gasteiger partial charge in [0.1, 0.15) is 0 Å². The average molecular weight is 265 g/mol. The van der Waals surface area contributed by atoms with Gasteiger partial charge >= 0.3 is 6.03 Å². The maximum absolute atomic E-state index is 11.8. The number of hydrazine groups is 1. The van der Waals surface area contributed by atoms with Crippen molar-refractivity contribution in [2.75, 3.05) is 25.6 Å². The number of nitrogens with zero attached hydrogens (tertiary/aromatic N) is 3. The lowest BCUT2D eigenvalue weighted by Crippen LogP contribution is -2.29. The molecule has 0 aromatic heterocycles.